The Hall–Kier alpha value is -1.81. The number of ether oxygens (including phenoxy) is 1. The van der Waals surface area contributed by atoms with Crippen molar-refractivity contribution in [1.82, 2.24) is 15.3 Å². The molecule has 0 saturated carbocycles. The Kier molecular flexibility index (Phi) is 5.19. The molecule has 0 saturated heterocycles. The number of nitrogen functional groups attached to an aromatic ring is 1. The zero-order valence-corrected chi connectivity index (χ0v) is 16.6. The minimum atomic E-state index is -0.676. The number of carbonyl (C=O) groups is 1. The molecule has 10 heteroatoms. The van der Waals surface area contributed by atoms with Gasteiger partial charge in [-0.25, -0.2) is 4.98 Å². The lowest BCUT2D eigenvalue weighted by Crippen LogP contribution is -2.36. The van der Waals surface area contributed by atoms with Crippen molar-refractivity contribution < 1.29 is 14.4 Å². The predicted molar refractivity (Wildman–Crippen MR) is 100 cm³/mol. The summed E-state index contributed by atoms with van der Waals surface area (Å²) in [7, 11) is 1.60. The molecule has 134 valence electrons. The quantitative estimate of drug-likeness (QED) is 0.604. The van der Waals surface area contributed by atoms with E-state index in [4.69, 9.17) is 15.3 Å². The summed E-state index contributed by atoms with van der Waals surface area (Å²) in [5.41, 5.74) is 6.06. The van der Waals surface area contributed by atoms with E-state index >= 15 is 0 Å². The molecule has 2 heterocycles. The number of rotatable bonds is 5. The van der Waals surface area contributed by atoms with E-state index in [9.17, 15) is 4.79 Å². The Bertz CT molecular complexity index is 786. The normalized spacial score (nSPS) is 22.5. The van der Waals surface area contributed by atoms with Crippen molar-refractivity contribution in [2.75, 3.05) is 19.4 Å². The molecule has 1 aromatic rings. The predicted octanol–water partition coefficient (Wildman–Crippen LogP) is 2.10. The third-order valence-electron chi connectivity index (χ3n) is 3.91. The maximum atomic E-state index is 12.3. The van der Waals surface area contributed by atoms with Gasteiger partial charge in [0.15, 0.2) is 11.5 Å². The van der Waals surface area contributed by atoms with Crippen LogP contribution in [0.5, 0.6) is 0 Å². The van der Waals surface area contributed by atoms with E-state index in [-0.39, 0.29) is 5.91 Å². The number of oxime groups is 1. The number of nitrogens with zero attached hydrogens (tertiary/aromatic N) is 2. The lowest BCUT2D eigenvalue weighted by molar-refractivity contribution is -0.114. The number of allylic oxidation sites excluding steroid dienone is 1. The van der Waals surface area contributed by atoms with Gasteiger partial charge in [-0.3, -0.25) is 4.79 Å². The third kappa shape index (κ3) is 3.90. The molecule has 0 aromatic carbocycles. The molecule has 1 atom stereocenters. The van der Waals surface area contributed by atoms with Gasteiger partial charge in [0.1, 0.15) is 11.5 Å². The van der Waals surface area contributed by atoms with Gasteiger partial charge in [0, 0.05) is 36.0 Å². The molecule has 2 aliphatic rings. The van der Waals surface area contributed by atoms with Gasteiger partial charge in [0.2, 0.25) is 0 Å². The van der Waals surface area contributed by atoms with Gasteiger partial charge in [-0.1, -0.05) is 21.1 Å². The van der Waals surface area contributed by atoms with Crippen molar-refractivity contribution in [2.24, 2.45) is 5.16 Å². The summed E-state index contributed by atoms with van der Waals surface area (Å²) >= 11 is 6.96. The number of H-pyrrole nitrogens is 1. The van der Waals surface area contributed by atoms with Crippen molar-refractivity contribution >= 4 is 49.4 Å². The minimum absolute atomic E-state index is 0.244. The van der Waals surface area contributed by atoms with Gasteiger partial charge in [0.05, 0.1) is 17.8 Å². The Morgan fingerprint density at radius 3 is 2.96 bits per heavy atom. The topological polar surface area (TPSA) is 115 Å². The number of aromatic nitrogens is 2. The molecule has 1 spiro atoms. The molecule has 1 aliphatic heterocycles. The van der Waals surface area contributed by atoms with Crippen LogP contribution in [0.15, 0.2) is 32.2 Å². The number of imidazole rings is 1. The lowest BCUT2D eigenvalue weighted by atomic mass is 9.89. The summed E-state index contributed by atoms with van der Waals surface area (Å²) < 4.78 is 6.94. The summed E-state index contributed by atoms with van der Waals surface area (Å²) in [5.74, 6) is 0.832. The van der Waals surface area contributed by atoms with Crippen LogP contribution in [0.3, 0.4) is 0 Å². The van der Waals surface area contributed by atoms with Crippen LogP contribution in [0.4, 0.5) is 5.95 Å². The first-order chi connectivity index (χ1) is 11.9. The number of halogens is 2. The molecular formula is C15H17Br2N5O3. The summed E-state index contributed by atoms with van der Waals surface area (Å²) in [6, 6.07) is 0. The number of hydrogen-bond acceptors (Lipinski definition) is 6. The molecular weight excluding hydrogens is 458 g/mol. The van der Waals surface area contributed by atoms with E-state index in [1.54, 1.807) is 13.3 Å². The van der Waals surface area contributed by atoms with Gasteiger partial charge >= 0.3 is 0 Å². The highest BCUT2D eigenvalue weighted by molar-refractivity contribution is 9.12. The number of amides is 1. The number of aromatic amines is 1. The van der Waals surface area contributed by atoms with Crippen LogP contribution in [0.25, 0.3) is 0 Å². The Morgan fingerprint density at radius 2 is 2.32 bits per heavy atom. The second kappa shape index (κ2) is 7.20. The largest absolute Gasteiger partial charge is 0.495 e. The van der Waals surface area contributed by atoms with Crippen molar-refractivity contribution in [3.05, 3.63) is 32.7 Å². The van der Waals surface area contributed by atoms with Gasteiger partial charge < -0.3 is 25.6 Å². The monoisotopic (exact) mass is 473 g/mol. The SMILES string of the molecule is COC1=C(Br)C[C@]2(C=C1Br)CC(C(=O)NCCc1cnc(N)[nH]1)=NO2. The van der Waals surface area contributed by atoms with Crippen molar-refractivity contribution in [3.63, 3.8) is 0 Å². The maximum absolute atomic E-state index is 12.3. The van der Waals surface area contributed by atoms with Crippen molar-refractivity contribution in [3.8, 4) is 0 Å². The van der Waals surface area contributed by atoms with E-state index in [0.717, 1.165) is 14.7 Å². The number of carbonyl (C=O) groups excluding carboxylic acids is 1. The van der Waals surface area contributed by atoms with E-state index in [1.807, 2.05) is 6.08 Å². The van der Waals surface area contributed by atoms with Crippen LogP contribution in [-0.4, -0.2) is 40.8 Å². The first-order valence-corrected chi connectivity index (χ1v) is 9.15. The number of hydrogen-bond donors (Lipinski definition) is 3. The minimum Gasteiger partial charge on any atom is -0.495 e. The number of anilines is 1. The average Bonchev–Trinajstić information content (AvgIpc) is 3.14. The average molecular weight is 475 g/mol. The third-order valence-corrected chi connectivity index (χ3v) is 5.14. The highest BCUT2D eigenvalue weighted by atomic mass is 79.9. The van der Waals surface area contributed by atoms with Crippen molar-refractivity contribution in [2.45, 2.75) is 24.9 Å². The standard InChI is InChI=1S/C15H17Br2N5O3/c1-24-12-9(16)4-15(5-10(12)17)6-11(22-25-15)13(23)19-3-2-8-7-20-14(18)21-8/h4,7H,2-3,5-6H2,1H3,(H,19,23)(H3,18,20,21)/t15-/m1/s1. The molecule has 0 fully saturated rings. The lowest BCUT2D eigenvalue weighted by Gasteiger charge is -2.28. The fourth-order valence-corrected chi connectivity index (χ4v) is 4.67. The van der Waals surface area contributed by atoms with Gasteiger partial charge in [-0.15, -0.1) is 0 Å². The number of nitrogens with one attached hydrogen (secondary N) is 2. The van der Waals surface area contributed by atoms with Crippen LogP contribution >= 0.6 is 31.9 Å². The molecule has 1 amide bonds. The van der Waals surface area contributed by atoms with E-state index in [2.05, 4.69) is 52.3 Å². The van der Waals surface area contributed by atoms with Crippen LogP contribution in [0.1, 0.15) is 18.5 Å². The fraction of sp³-hybridized carbons (Fsp3) is 0.400. The molecule has 0 radical (unpaired) electrons. The van der Waals surface area contributed by atoms with Crippen molar-refractivity contribution in [1.29, 1.82) is 0 Å². The first kappa shape index (κ1) is 18.0. The number of methoxy groups -OCH3 is 1. The van der Waals surface area contributed by atoms with E-state index in [1.165, 1.54) is 0 Å². The van der Waals surface area contributed by atoms with Crippen LogP contribution in [0.2, 0.25) is 0 Å². The molecule has 1 aliphatic carbocycles. The van der Waals surface area contributed by atoms with E-state index < -0.39 is 5.60 Å². The molecule has 1 aromatic heterocycles. The zero-order chi connectivity index (χ0) is 18.0. The van der Waals surface area contributed by atoms with Gasteiger partial charge in [-0.05, 0) is 22.0 Å². The van der Waals surface area contributed by atoms with E-state index in [0.29, 0.717) is 43.2 Å². The zero-order valence-electron chi connectivity index (χ0n) is 13.4. The number of nitrogens with two attached hydrogens (primary N) is 1. The second-order valence-corrected chi connectivity index (χ2v) is 7.59. The molecule has 3 rings (SSSR count). The smallest absolute Gasteiger partial charge is 0.269 e. The molecule has 8 nitrogen and oxygen atoms in total. The Balaban J connectivity index is 1.55. The Labute approximate surface area is 161 Å². The highest BCUT2D eigenvalue weighted by Crippen LogP contribution is 2.43. The summed E-state index contributed by atoms with van der Waals surface area (Å²) in [5, 5.41) is 6.80. The summed E-state index contributed by atoms with van der Waals surface area (Å²) in [6.07, 6.45) is 5.06. The van der Waals surface area contributed by atoms with Crippen LogP contribution < -0.4 is 11.1 Å². The molecule has 0 unspecified atom stereocenters. The summed E-state index contributed by atoms with van der Waals surface area (Å²) in [6.45, 7) is 0.448. The Morgan fingerprint density at radius 1 is 1.52 bits per heavy atom. The van der Waals surface area contributed by atoms with Crippen LogP contribution in [0, 0.1) is 0 Å². The first-order valence-electron chi connectivity index (χ1n) is 7.56. The molecule has 0 bridgehead atoms. The summed E-state index contributed by atoms with van der Waals surface area (Å²) in [4.78, 5) is 24.7. The fourth-order valence-electron chi connectivity index (χ4n) is 2.73. The van der Waals surface area contributed by atoms with Gasteiger partial charge in [0.25, 0.3) is 5.91 Å². The molecule has 4 N–H and O–H groups in total. The highest BCUT2D eigenvalue weighted by Gasteiger charge is 2.43. The maximum Gasteiger partial charge on any atom is 0.269 e. The second-order valence-electron chi connectivity index (χ2n) is 5.78. The van der Waals surface area contributed by atoms with Crippen LogP contribution in [-0.2, 0) is 20.8 Å². The van der Waals surface area contributed by atoms with Gasteiger partial charge in [-0.2, -0.15) is 0 Å². The molecule has 25 heavy (non-hydrogen) atoms.